The minimum Gasteiger partial charge on any atom is -0.481 e. The Morgan fingerprint density at radius 2 is 2.16 bits per heavy atom. The van der Waals surface area contributed by atoms with Crippen LogP contribution in [-0.2, 0) is 9.53 Å². The van der Waals surface area contributed by atoms with E-state index in [1.165, 1.54) is 29.0 Å². The maximum Gasteiger partial charge on any atom is 0.304 e. The molecule has 0 saturated carbocycles. The number of carboxylic acid groups (broad SMARTS) is 1. The number of hydrogen-bond donors (Lipinski definition) is 4. The Bertz CT molecular complexity index is 771. The Hall–Kier alpha value is -1.95. The van der Waals surface area contributed by atoms with Gasteiger partial charge >= 0.3 is 5.97 Å². The van der Waals surface area contributed by atoms with Crippen molar-refractivity contribution in [1.82, 2.24) is 19.5 Å². The second-order valence-electron chi connectivity index (χ2n) is 5.65. The van der Waals surface area contributed by atoms with Crippen molar-refractivity contribution in [3.8, 4) is 0 Å². The van der Waals surface area contributed by atoms with Crippen LogP contribution in [0.2, 0.25) is 0 Å². The molecule has 0 radical (unpaired) electrons. The van der Waals surface area contributed by atoms with Crippen molar-refractivity contribution in [2.75, 3.05) is 11.5 Å². The van der Waals surface area contributed by atoms with Gasteiger partial charge in [-0.1, -0.05) is 6.92 Å². The summed E-state index contributed by atoms with van der Waals surface area (Å²) in [7, 11) is 0. The fourth-order valence-corrected chi connectivity index (χ4v) is 4.04. The quantitative estimate of drug-likeness (QED) is 0.529. The van der Waals surface area contributed by atoms with Crippen molar-refractivity contribution in [2.24, 2.45) is 0 Å². The van der Waals surface area contributed by atoms with Crippen LogP contribution in [0.3, 0.4) is 0 Å². The molecule has 136 valence electrons. The maximum absolute atomic E-state index is 11.1. The number of carboxylic acids is 1. The number of nitrogens with zero attached hydrogens (tertiary/aromatic N) is 4. The fraction of sp³-hybridized carbons (Fsp3) is 0.571. The Kier molecular flexibility index (Phi) is 5.08. The molecule has 0 aromatic carbocycles. The molecular formula is C14H19N5O5S. The number of imidazole rings is 1. The summed E-state index contributed by atoms with van der Waals surface area (Å²) >= 11 is 1.37. The molecule has 3 rings (SSSR count). The van der Waals surface area contributed by atoms with E-state index in [0.29, 0.717) is 16.9 Å². The van der Waals surface area contributed by atoms with Gasteiger partial charge in [-0.05, 0) is 5.75 Å². The van der Waals surface area contributed by atoms with E-state index in [4.69, 9.17) is 15.6 Å². The molecule has 25 heavy (non-hydrogen) atoms. The van der Waals surface area contributed by atoms with E-state index in [-0.39, 0.29) is 12.2 Å². The van der Waals surface area contributed by atoms with Crippen molar-refractivity contribution in [3.05, 3.63) is 12.7 Å². The second kappa shape index (κ2) is 7.12. The van der Waals surface area contributed by atoms with Gasteiger partial charge in [-0.3, -0.25) is 9.36 Å². The highest BCUT2D eigenvalue weighted by Crippen LogP contribution is 2.37. The molecule has 1 aliphatic rings. The normalized spacial score (nSPS) is 27.6. The Labute approximate surface area is 147 Å². The highest BCUT2D eigenvalue weighted by Gasteiger charge is 2.48. The number of aromatic nitrogens is 4. The monoisotopic (exact) mass is 369 g/mol. The van der Waals surface area contributed by atoms with Crippen LogP contribution in [0.5, 0.6) is 0 Å². The highest BCUT2D eigenvalue weighted by atomic mass is 32.2. The molecule has 0 amide bonds. The van der Waals surface area contributed by atoms with Gasteiger partial charge in [0.1, 0.15) is 30.2 Å². The summed E-state index contributed by atoms with van der Waals surface area (Å²) in [6.07, 6.45) is -1.79. The van der Waals surface area contributed by atoms with E-state index < -0.39 is 35.8 Å². The van der Waals surface area contributed by atoms with E-state index >= 15 is 0 Å². The first-order chi connectivity index (χ1) is 11.9. The zero-order chi connectivity index (χ0) is 18.1. The van der Waals surface area contributed by atoms with Crippen LogP contribution in [0.15, 0.2) is 12.7 Å². The van der Waals surface area contributed by atoms with Crippen LogP contribution < -0.4 is 5.73 Å². The molecule has 1 aliphatic heterocycles. The van der Waals surface area contributed by atoms with E-state index in [9.17, 15) is 15.0 Å². The minimum atomic E-state index is -1.26. The van der Waals surface area contributed by atoms with Crippen molar-refractivity contribution in [1.29, 1.82) is 0 Å². The number of carbonyl (C=O) groups is 1. The average Bonchev–Trinajstić information content (AvgIpc) is 3.10. The molecule has 0 spiro atoms. The molecule has 5 N–H and O–H groups in total. The zero-order valence-corrected chi connectivity index (χ0v) is 14.2. The van der Waals surface area contributed by atoms with E-state index in [1.807, 2.05) is 6.92 Å². The molecule has 1 saturated heterocycles. The van der Waals surface area contributed by atoms with Gasteiger partial charge in [0.25, 0.3) is 0 Å². The third-order valence-corrected chi connectivity index (χ3v) is 5.26. The minimum absolute atomic E-state index is 0.181. The van der Waals surface area contributed by atoms with Gasteiger partial charge in [-0.2, -0.15) is 11.8 Å². The summed E-state index contributed by atoms with van der Waals surface area (Å²) < 4.78 is 7.30. The maximum atomic E-state index is 11.1. The van der Waals surface area contributed by atoms with Crippen LogP contribution >= 0.6 is 11.8 Å². The van der Waals surface area contributed by atoms with Gasteiger partial charge in [0.05, 0.1) is 12.7 Å². The molecule has 1 unspecified atom stereocenters. The van der Waals surface area contributed by atoms with Gasteiger partial charge in [0, 0.05) is 5.25 Å². The Morgan fingerprint density at radius 1 is 1.40 bits per heavy atom. The summed E-state index contributed by atoms with van der Waals surface area (Å²) in [5.74, 6) is -0.143. The predicted molar refractivity (Wildman–Crippen MR) is 89.8 cm³/mol. The molecule has 5 atom stereocenters. The largest absolute Gasteiger partial charge is 0.481 e. The number of aliphatic carboxylic acids is 1. The number of nitrogen functional groups attached to an aromatic ring is 1. The van der Waals surface area contributed by atoms with Gasteiger partial charge < -0.3 is 25.8 Å². The van der Waals surface area contributed by atoms with Crippen molar-refractivity contribution in [3.63, 3.8) is 0 Å². The summed E-state index contributed by atoms with van der Waals surface area (Å²) in [6.45, 7) is 1.89. The molecule has 3 heterocycles. The number of aliphatic hydroxyl groups excluding tert-OH is 2. The Balaban J connectivity index is 1.90. The second-order valence-corrected chi connectivity index (χ2v) is 7.16. The standard InChI is InChI=1S/C14H19N5O5S/c1-2-25-6(3-7(20)21)11-9(22)10(23)14(24-11)19-5-18-8-12(15)16-4-17-13(8)19/h4-6,9-11,14,22-23H,2-3H2,1H3,(H,20,21)(H2,15,16,17)/t6?,9-,10+,11+,14+/m0/s1. The number of aliphatic hydroxyl groups is 2. The SMILES string of the molecule is CCSC(CC(=O)O)[C@H]1O[C@@H](n2cnc3c(N)ncnc32)[C@H](O)[C@@H]1O. The molecule has 10 nitrogen and oxygen atoms in total. The average molecular weight is 369 g/mol. The molecular weight excluding hydrogens is 350 g/mol. The Morgan fingerprint density at radius 3 is 2.84 bits per heavy atom. The van der Waals surface area contributed by atoms with Crippen LogP contribution in [-0.4, -0.2) is 70.1 Å². The fourth-order valence-electron chi connectivity index (χ4n) is 2.94. The van der Waals surface area contributed by atoms with Crippen molar-refractivity contribution < 1.29 is 24.9 Å². The number of fused-ring (bicyclic) bond motifs is 1. The molecule has 2 aromatic rings. The number of nitrogens with two attached hydrogens (primary N) is 1. The summed E-state index contributed by atoms with van der Waals surface area (Å²) in [4.78, 5) is 23.2. The molecule has 0 aliphatic carbocycles. The topological polar surface area (TPSA) is 157 Å². The number of anilines is 1. The van der Waals surface area contributed by atoms with Gasteiger partial charge in [0.2, 0.25) is 0 Å². The zero-order valence-electron chi connectivity index (χ0n) is 13.4. The third kappa shape index (κ3) is 3.27. The first-order valence-electron chi connectivity index (χ1n) is 7.72. The third-order valence-electron chi connectivity index (χ3n) is 4.06. The lowest BCUT2D eigenvalue weighted by Gasteiger charge is -2.23. The number of ether oxygens (including phenoxy) is 1. The smallest absolute Gasteiger partial charge is 0.304 e. The van der Waals surface area contributed by atoms with E-state index in [0.717, 1.165) is 0 Å². The van der Waals surface area contributed by atoms with Crippen LogP contribution in [0, 0.1) is 0 Å². The number of thioether (sulfide) groups is 1. The lowest BCUT2D eigenvalue weighted by atomic mass is 10.1. The predicted octanol–water partition coefficient (Wildman–Crippen LogP) is -0.376. The van der Waals surface area contributed by atoms with Crippen LogP contribution in [0.1, 0.15) is 19.6 Å². The summed E-state index contributed by atoms with van der Waals surface area (Å²) in [6, 6.07) is 0. The van der Waals surface area contributed by atoms with Crippen LogP contribution in [0.25, 0.3) is 11.2 Å². The number of hydrogen-bond acceptors (Lipinski definition) is 9. The van der Waals surface area contributed by atoms with Gasteiger partial charge in [0.15, 0.2) is 17.7 Å². The molecule has 1 fully saturated rings. The first-order valence-corrected chi connectivity index (χ1v) is 8.77. The highest BCUT2D eigenvalue weighted by molar-refractivity contribution is 7.99. The van der Waals surface area contributed by atoms with E-state index in [2.05, 4.69) is 15.0 Å². The van der Waals surface area contributed by atoms with Crippen molar-refractivity contribution >= 4 is 34.7 Å². The van der Waals surface area contributed by atoms with E-state index in [1.54, 1.807) is 0 Å². The molecule has 2 aromatic heterocycles. The first kappa shape index (κ1) is 17.9. The summed E-state index contributed by atoms with van der Waals surface area (Å²) in [5.41, 5.74) is 6.48. The summed E-state index contributed by atoms with van der Waals surface area (Å²) in [5, 5.41) is 29.4. The van der Waals surface area contributed by atoms with Crippen LogP contribution in [0.4, 0.5) is 5.82 Å². The molecule has 0 bridgehead atoms. The van der Waals surface area contributed by atoms with Crippen molar-refractivity contribution in [2.45, 2.75) is 43.1 Å². The van der Waals surface area contributed by atoms with Gasteiger partial charge in [-0.15, -0.1) is 0 Å². The lowest BCUT2D eigenvalue weighted by Crippen LogP contribution is -2.38. The van der Waals surface area contributed by atoms with Gasteiger partial charge in [-0.25, -0.2) is 15.0 Å². The molecule has 11 heteroatoms. The number of rotatable bonds is 6. The lowest BCUT2D eigenvalue weighted by molar-refractivity contribution is -0.138.